The zero-order chi connectivity index (χ0) is 15.3. The SMILES string of the molecule is CC(C)(C)[C@@H](N)C(=O)NCCc1cccc(C(=O)O)c1. The molecular formula is C15H22N2O3. The molecule has 1 aromatic rings. The minimum atomic E-state index is -0.953. The van der Waals surface area contributed by atoms with Crippen LogP contribution in [0.25, 0.3) is 0 Å². The van der Waals surface area contributed by atoms with E-state index in [9.17, 15) is 9.59 Å². The normalized spacial score (nSPS) is 12.8. The highest BCUT2D eigenvalue weighted by atomic mass is 16.4. The molecule has 0 fully saturated rings. The number of carboxylic acids is 1. The highest BCUT2D eigenvalue weighted by Gasteiger charge is 2.26. The highest BCUT2D eigenvalue weighted by molar-refractivity contribution is 5.87. The largest absolute Gasteiger partial charge is 0.478 e. The second-order valence-corrected chi connectivity index (χ2v) is 5.89. The maximum absolute atomic E-state index is 11.8. The van der Waals surface area contributed by atoms with Crippen molar-refractivity contribution < 1.29 is 14.7 Å². The zero-order valence-electron chi connectivity index (χ0n) is 12.1. The summed E-state index contributed by atoms with van der Waals surface area (Å²) < 4.78 is 0. The predicted octanol–water partition coefficient (Wildman–Crippen LogP) is 1.42. The summed E-state index contributed by atoms with van der Waals surface area (Å²) in [4.78, 5) is 22.7. The van der Waals surface area contributed by atoms with E-state index in [-0.39, 0.29) is 16.9 Å². The lowest BCUT2D eigenvalue weighted by Gasteiger charge is -2.25. The van der Waals surface area contributed by atoms with E-state index in [1.165, 1.54) is 0 Å². The number of hydrogen-bond donors (Lipinski definition) is 3. The fourth-order valence-electron chi connectivity index (χ4n) is 1.69. The Bertz CT molecular complexity index is 492. The summed E-state index contributed by atoms with van der Waals surface area (Å²) in [5.41, 5.74) is 6.68. The smallest absolute Gasteiger partial charge is 0.335 e. The third kappa shape index (κ3) is 4.66. The van der Waals surface area contributed by atoms with E-state index in [1.54, 1.807) is 18.2 Å². The van der Waals surface area contributed by atoms with Gasteiger partial charge in [-0.1, -0.05) is 32.9 Å². The van der Waals surface area contributed by atoms with Crippen LogP contribution in [0, 0.1) is 5.41 Å². The van der Waals surface area contributed by atoms with Crippen molar-refractivity contribution in [3.8, 4) is 0 Å². The fourth-order valence-corrected chi connectivity index (χ4v) is 1.69. The number of carbonyl (C=O) groups is 2. The van der Waals surface area contributed by atoms with Gasteiger partial charge < -0.3 is 16.2 Å². The summed E-state index contributed by atoms with van der Waals surface area (Å²) >= 11 is 0. The number of nitrogens with two attached hydrogens (primary N) is 1. The lowest BCUT2D eigenvalue weighted by Crippen LogP contribution is -2.48. The summed E-state index contributed by atoms with van der Waals surface area (Å²) in [6.07, 6.45) is 0.573. The van der Waals surface area contributed by atoms with Crippen LogP contribution in [0.1, 0.15) is 36.7 Å². The minimum absolute atomic E-state index is 0.188. The Balaban J connectivity index is 2.51. The van der Waals surface area contributed by atoms with Gasteiger partial charge in [0, 0.05) is 6.54 Å². The molecule has 0 aliphatic carbocycles. The Morgan fingerprint density at radius 3 is 2.55 bits per heavy atom. The van der Waals surface area contributed by atoms with E-state index in [0.717, 1.165) is 5.56 Å². The Hall–Kier alpha value is -1.88. The number of carbonyl (C=O) groups excluding carboxylic acids is 1. The average molecular weight is 278 g/mol. The third-order valence-corrected chi connectivity index (χ3v) is 3.10. The Labute approximate surface area is 119 Å². The molecule has 0 bridgehead atoms. The quantitative estimate of drug-likeness (QED) is 0.759. The molecule has 4 N–H and O–H groups in total. The molecule has 5 nitrogen and oxygen atoms in total. The lowest BCUT2D eigenvalue weighted by molar-refractivity contribution is -0.124. The van der Waals surface area contributed by atoms with Gasteiger partial charge in [0.05, 0.1) is 11.6 Å². The molecule has 1 aromatic carbocycles. The van der Waals surface area contributed by atoms with Gasteiger partial charge in [-0.3, -0.25) is 4.79 Å². The van der Waals surface area contributed by atoms with E-state index in [2.05, 4.69) is 5.32 Å². The van der Waals surface area contributed by atoms with Gasteiger partial charge in [-0.15, -0.1) is 0 Å². The van der Waals surface area contributed by atoms with Gasteiger partial charge in [0.25, 0.3) is 0 Å². The van der Waals surface area contributed by atoms with Crippen molar-refractivity contribution in [2.24, 2.45) is 11.1 Å². The van der Waals surface area contributed by atoms with Crippen molar-refractivity contribution in [2.75, 3.05) is 6.54 Å². The highest BCUT2D eigenvalue weighted by Crippen LogP contribution is 2.17. The molecule has 0 radical (unpaired) electrons. The van der Waals surface area contributed by atoms with Crippen LogP contribution in [0.15, 0.2) is 24.3 Å². The van der Waals surface area contributed by atoms with Gasteiger partial charge in [0.2, 0.25) is 5.91 Å². The molecule has 0 aliphatic rings. The second kappa shape index (κ2) is 6.52. The average Bonchev–Trinajstić information content (AvgIpc) is 2.37. The van der Waals surface area contributed by atoms with Crippen molar-refractivity contribution in [3.05, 3.63) is 35.4 Å². The first kappa shape index (κ1) is 16.2. The summed E-state index contributed by atoms with van der Waals surface area (Å²) in [7, 11) is 0. The van der Waals surface area contributed by atoms with E-state index in [1.807, 2.05) is 26.8 Å². The molecule has 1 amide bonds. The molecule has 0 aromatic heterocycles. The molecule has 0 saturated heterocycles. The van der Waals surface area contributed by atoms with Crippen LogP contribution >= 0.6 is 0 Å². The second-order valence-electron chi connectivity index (χ2n) is 5.89. The summed E-state index contributed by atoms with van der Waals surface area (Å²) in [6.45, 7) is 6.17. The van der Waals surface area contributed by atoms with Gasteiger partial charge in [0.15, 0.2) is 0 Å². The van der Waals surface area contributed by atoms with Crippen LogP contribution < -0.4 is 11.1 Å². The van der Waals surface area contributed by atoms with Crippen LogP contribution in [-0.4, -0.2) is 29.6 Å². The molecule has 5 heteroatoms. The van der Waals surface area contributed by atoms with E-state index in [0.29, 0.717) is 13.0 Å². The third-order valence-electron chi connectivity index (χ3n) is 3.10. The first-order valence-electron chi connectivity index (χ1n) is 6.57. The number of hydrogen-bond acceptors (Lipinski definition) is 3. The van der Waals surface area contributed by atoms with Crippen molar-refractivity contribution in [1.29, 1.82) is 0 Å². The van der Waals surface area contributed by atoms with Crippen molar-refractivity contribution in [1.82, 2.24) is 5.32 Å². The number of aromatic carboxylic acids is 1. The topological polar surface area (TPSA) is 92.4 Å². The molecule has 0 spiro atoms. The number of benzene rings is 1. The lowest BCUT2D eigenvalue weighted by atomic mass is 9.87. The molecule has 1 rings (SSSR count). The molecule has 20 heavy (non-hydrogen) atoms. The van der Waals surface area contributed by atoms with Gasteiger partial charge in [-0.2, -0.15) is 0 Å². The molecule has 0 unspecified atom stereocenters. The molecule has 110 valence electrons. The number of carboxylic acid groups (broad SMARTS) is 1. The predicted molar refractivity (Wildman–Crippen MR) is 77.5 cm³/mol. The number of nitrogens with one attached hydrogen (secondary N) is 1. The number of amides is 1. The summed E-state index contributed by atoms with van der Waals surface area (Å²) in [5, 5.41) is 11.7. The Morgan fingerprint density at radius 2 is 2.00 bits per heavy atom. The number of rotatable bonds is 5. The van der Waals surface area contributed by atoms with E-state index in [4.69, 9.17) is 10.8 Å². The maximum atomic E-state index is 11.8. The molecular weight excluding hydrogens is 256 g/mol. The first-order valence-corrected chi connectivity index (χ1v) is 6.57. The van der Waals surface area contributed by atoms with Gasteiger partial charge >= 0.3 is 5.97 Å². The Morgan fingerprint density at radius 1 is 1.35 bits per heavy atom. The minimum Gasteiger partial charge on any atom is -0.478 e. The van der Waals surface area contributed by atoms with Gasteiger partial charge in [-0.25, -0.2) is 4.79 Å². The zero-order valence-corrected chi connectivity index (χ0v) is 12.1. The van der Waals surface area contributed by atoms with Crippen LogP contribution in [0.3, 0.4) is 0 Å². The van der Waals surface area contributed by atoms with Crippen LogP contribution in [-0.2, 0) is 11.2 Å². The molecule has 0 saturated carbocycles. The van der Waals surface area contributed by atoms with Crippen molar-refractivity contribution >= 4 is 11.9 Å². The van der Waals surface area contributed by atoms with Crippen LogP contribution in [0.4, 0.5) is 0 Å². The fraction of sp³-hybridized carbons (Fsp3) is 0.467. The standard InChI is InChI=1S/C15H22N2O3/c1-15(2,3)12(16)13(18)17-8-7-10-5-4-6-11(9-10)14(19)20/h4-6,9,12H,7-8,16H2,1-3H3,(H,17,18)(H,19,20)/t12-/m0/s1. The first-order chi connectivity index (χ1) is 9.21. The molecule has 1 atom stereocenters. The van der Waals surface area contributed by atoms with Crippen molar-refractivity contribution in [3.63, 3.8) is 0 Å². The molecule has 0 aliphatic heterocycles. The van der Waals surface area contributed by atoms with Gasteiger partial charge in [0.1, 0.15) is 0 Å². The van der Waals surface area contributed by atoms with E-state index >= 15 is 0 Å². The summed E-state index contributed by atoms with van der Waals surface area (Å²) in [5.74, 6) is -1.14. The van der Waals surface area contributed by atoms with Crippen LogP contribution in [0.5, 0.6) is 0 Å². The Kier molecular flexibility index (Phi) is 5.27. The van der Waals surface area contributed by atoms with Crippen molar-refractivity contribution in [2.45, 2.75) is 33.2 Å². The summed E-state index contributed by atoms with van der Waals surface area (Å²) in [6, 6.07) is 6.12. The monoisotopic (exact) mass is 278 g/mol. The van der Waals surface area contributed by atoms with Gasteiger partial charge in [-0.05, 0) is 29.5 Å². The maximum Gasteiger partial charge on any atom is 0.335 e. The van der Waals surface area contributed by atoms with E-state index < -0.39 is 12.0 Å². The molecule has 0 heterocycles. The van der Waals surface area contributed by atoms with Crippen LogP contribution in [0.2, 0.25) is 0 Å².